The van der Waals surface area contributed by atoms with Crippen molar-refractivity contribution in [1.82, 2.24) is 19.4 Å². The Morgan fingerprint density at radius 1 is 1.07 bits per heavy atom. The number of primary amides is 1. The van der Waals surface area contributed by atoms with Crippen molar-refractivity contribution in [2.24, 2.45) is 5.73 Å². The summed E-state index contributed by atoms with van der Waals surface area (Å²) in [4.78, 5) is 46.7. The molecule has 2 fully saturated rings. The first-order valence-electron chi connectivity index (χ1n) is 12.9. The second-order valence-electron chi connectivity index (χ2n) is 10.5. The number of nitrogens with one attached hydrogen (secondary N) is 1. The Hall–Kier alpha value is -3.81. The molecular weight excluding hydrogens is 539 g/mol. The van der Waals surface area contributed by atoms with E-state index in [0.29, 0.717) is 16.1 Å². The van der Waals surface area contributed by atoms with Gasteiger partial charge in [0.15, 0.2) is 23.3 Å². The van der Waals surface area contributed by atoms with E-state index in [1.165, 1.54) is 22.9 Å². The Kier molecular flexibility index (Phi) is 7.15. The highest BCUT2D eigenvalue weighted by Crippen LogP contribution is 2.38. The summed E-state index contributed by atoms with van der Waals surface area (Å²) in [5, 5.41) is 0. The maximum Gasteiger partial charge on any atom is 0.414 e. The van der Waals surface area contributed by atoms with Gasteiger partial charge < -0.3 is 10.6 Å². The predicted octanol–water partition coefficient (Wildman–Crippen LogP) is 3.57. The highest BCUT2D eigenvalue weighted by Gasteiger charge is 2.53. The Bertz CT molecular complexity index is 1490. The van der Waals surface area contributed by atoms with E-state index in [2.05, 4.69) is 9.97 Å². The van der Waals surface area contributed by atoms with E-state index in [9.17, 15) is 36.3 Å². The maximum absolute atomic E-state index is 14.6. The summed E-state index contributed by atoms with van der Waals surface area (Å²) in [5.41, 5.74) is 6.29. The number of benzene rings is 1. The molecule has 9 nitrogen and oxygen atoms in total. The molecule has 5 rings (SSSR count). The van der Waals surface area contributed by atoms with E-state index in [0.717, 1.165) is 6.07 Å². The summed E-state index contributed by atoms with van der Waals surface area (Å²) < 4.78 is 70.2. The van der Waals surface area contributed by atoms with Gasteiger partial charge in [-0.3, -0.25) is 14.3 Å². The van der Waals surface area contributed by atoms with Crippen LogP contribution in [0.2, 0.25) is 0 Å². The lowest BCUT2D eigenvalue weighted by Gasteiger charge is -2.45. The van der Waals surface area contributed by atoms with Gasteiger partial charge in [-0.2, -0.15) is 13.2 Å². The average molecular weight is 568 g/mol. The molecule has 14 heteroatoms. The normalized spacial score (nSPS) is 26.2. The molecule has 3 N–H and O–H groups in total. The number of quaternary nitrogens is 1. The molecule has 1 aromatic carbocycles. The number of likely N-dealkylation sites (tertiary alicyclic amines) is 2. The number of nitrogens with two attached hydrogens (primary N) is 1. The lowest BCUT2D eigenvalue weighted by molar-refractivity contribution is -0.872. The molecule has 0 bridgehead atoms. The number of imidazole rings is 1. The molecule has 0 unspecified atom stereocenters. The van der Waals surface area contributed by atoms with Gasteiger partial charge in [0.2, 0.25) is 0 Å². The van der Waals surface area contributed by atoms with Crippen LogP contribution in [0.15, 0.2) is 41.3 Å². The van der Waals surface area contributed by atoms with Gasteiger partial charge in [0.1, 0.15) is 6.54 Å². The number of amides is 3. The fourth-order valence-electron chi connectivity index (χ4n) is 6.33. The zero-order valence-electron chi connectivity index (χ0n) is 21.3. The third-order valence-corrected chi connectivity index (χ3v) is 8.23. The molecule has 4 heterocycles. The number of halogens is 5. The number of carbonyl (C=O) groups excluding carboxylic acids is 2. The highest BCUT2D eigenvalue weighted by atomic mass is 19.4. The van der Waals surface area contributed by atoms with E-state index >= 15 is 0 Å². The Morgan fingerprint density at radius 2 is 1.80 bits per heavy atom. The molecule has 2 atom stereocenters. The SMILES string of the molecule is NC(=O)[N+]1([C@@H]2CC[C@@H](c3cccc(F)c3F)CN(CC(F)(F)F)C2=O)CCC(n2c(=O)[nH]c3ncccc32)CC1. The number of hydrogen-bond donors (Lipinski definition) is 2. The number of aromatic amines is 1. The van der Waals surface area contributed by atoms with Crippen LogP contribution in [-0.4, -0.2) is 74.3 Å². The van der Waals surface area contributed by atoms with Crippen molar-refractivity contribution in [1.29, 1.82) is 0 Å². The van der Waals surface area contributed by atoms with Crippen molar-refractivity contribution in [2.75, 3.05) is 26.2 Å². The van der Waals surface area contributed by atoms with Gasteiger partial charge in [-0.05, 0) is 30.2 Å². The predicted molar refractivity (Wildman–Crippen MR) is 133 cm³/mol. The van der Waals surface area contributed by atoms with Gasteiger partial charge in [0.05, 0.1) is 18.6 Å². The zero-order valence-corrected chi connectivity index (χ0v) is 21.3. The molecule has 40 heavy (non-hydrogen) atoms. The van der Waals surface area contributed by atoms with Crippen molar-refractivity contribution in [3.05, 3.63) is 64.2 Å². The minimum absolute atomic E-state index is 0.00856. The van der Waals surface area contributed by atoms with Gasteiger partial charge in [0.25, 0.3) is 5.91 Å². The monoisotopic (exact) mass is 567 g/mol. The van der Waals surface area contributed by atoms with Crippen LogP contribution in [0.3, 0.4) is 0 Å². The van der Waals surface area contributed by atoms with Crippen LogP contribution in [-0.2, 0) is 4.79 Å². The number of aromatic nitrogens is 3. The van der Waals surface area contributed by atoms with Crippen LogP contribution in [0, 0.1) is 11.6 Å². The van der Waals surface area contributed by atoms with E-state index in [1.54, 1.807) is 12.1 Å². The molecule has 2 aliphatic heterocycles. The summed E-state index contributed by atoms with van der Waals surface area (Å²) in [5.74, 6) is -4.15. The van der Waals surface area contributed by atoms with Gasteiger partial charge >= 0.3 is 17.9 Å². The lowest BCUT2D eigenvalue weighted by atomic mass is 9.91. The first kappa shape index (κ1) is 27.7. The lowest BCUT2D eigenvalue weighted by Crippen LogP contribution is -2.68. The standard InChI is InChI=1S/C26H27F5N6O3/c27-18-4-1-3-17(21(18)28)15-6-7-20(23(38)35(13-15)14-26(29,30)31)37(24(32)39)11-8-16(9-12-37)36-19-5-2-10-33-22(19)34-25(36)40/h1-5,10,15-16,20H,6-9,11-14H2,(H2-,32,33,34,39,40)/p+1/t15-,16?,20-,37?/m1/s1. The average Bonchev–Trinajstić information content (AvgIpc) is 3.15. The molecule has 3 amide bonds. The fourth-order valence-corrected chi connectivity index (χ4v) is 6.33. The van der Waals surface area contributed by atoms with Crippen molar-refractivity contribution < 1.29 is 36.0 Å². The van der Waals surface area contributed by atoms with Crippen LogP contribution in [0.1, 0.15) is 43.2 Å². The third kappa shape index (κ3) is 4.95. The number of fused-ring (bicyclic) bond motifs is 1. The number of nitrogens with zero attached hydrogens (tertiary/aromatic N) is 4. The Balaban J connectivity index is 1.47. The molecule has 2 saturated heterocycles. The minimum atomic E-state index is -4.76. The van der Waals surface area contributed by atoms with Crippen LogP contribution in [0.25, 0.3) is 11.2 Å². The quantitative estimate of drug-likeness (QED) is 0.371. The van der Waals surface area contributed by atoms with Gasteiger partial charge in [-0.1, -0.05) is 12.1 Å². The first-order valence-corrected chi connectivity index (χ1v) is 12.9. The van der Waals surface area contributed by atoms with Crippen LogP contribution in [0.4, 0.5) is 26.7 Å². The Labute approximate surface area is 225 Å². The molecule has 214 valence electrons. The number of alkyl halides is 3. The summed E-state index contributed by atoms with van der Waals surface area (Å²) in [6, 6.07) is 4.38. The second-order valence-corrected chi connectivity index (χ2v) is 10.5. The fraction of sp³-hybridized carbons (Fsp3) is 0.462. The Morgan fingerprint density at radius 3 is 2.48 bits per heavy atom. The van der Waals surface area contributed by atoms with Crippen molar-refractivity contribution >= 4 is 23.1 Å². The molecule has 3 aromatic rings. The number of rotatable bonds is 4. The van der Waals surface area contributed by atoms with Crippen LogP contribution >= 0.6 is 0 Å². The van der Waals surface area contributed by atoms with E-state index in [4.69, 9.17) is 5.73 Å². The minimum Gasteiger partial charge on any atom is -0.328 e. The smallest absolute Gasteiger partial charge is 0.328 e. The number of hydrogen-bond acceptors (Lipinski definition) is 4. The largest absolute Gasteiger partial charge is 0.414 e. The van der Waals surface area contributed by atoms with Gasteiger partial charge in [0, 0.05) is 44.0 Å². The number of piperidine rings is 1. The van der Waals surface area contributed by atoms with Crippen molar-refractivity contribution in [3.8, 4) is 0 Å². The van der Waals surface area contributed by atoms with E-state index < -0.39 is 59.3 Å². The molecule has 0 aliphatic carbocycles. The number of pyridine rings is 1. The first-order chi connectivity index (χ1) is 18.9. The van der Waals surface area contributed by atoms with Crippen molar-refractivity contribution in [3.63, 3.8) is 0 Å². The molecule has 2 aliphatic rings. The second kappa shape index (κ2) is 10.3. The van der Waals surface area contributed by atoms with E-state index in [-0.39, 0.29) is 56.1 Å². The van der Waals surface area contributed by atoms with Crippen molar-refractivity contribution in [2.45, 2.75) is 49.9 Å². The van der Waals surface area contributed by atoms with E-state index in [1.807, 2.05) is 0 Å². The molecule has 2 aromatic heterocycles. The zero-order chi connectivity index (χ0) is 28.8. The highest BCUT2D eigenvalue weighted by molar-refractivity contribution is 5.83. The molecule has 0 saturated carbocycles. The molecule has 0 spiro atoms. The maximum atomic E-state index is 14.6. The molecular formula is C26H28F5N6O3+. The molecule has 0 radical (unpaired) electrons. The third-order valence-electron chi connectivity index (χ3n) is 8.23. The number of H-pyrrole nitrogens is 1. The summed E-state index contributed by atoms with van der Waals surface area (Å²) in [7, 11) is 0. The summed E-state index contributed by atoms with van der Waals surface area (Å²) >= 11 is 0. The van der Waals surface area contributed by atoms with Gasteiger partial charge in [-0.25, -0.2) is 27.8 Å². The summed E-state index contributed by atoms with van der Waals surface area (Å²) in [6.07, 6.45) is -2.75. The number of carbonyl (C=O) groups is 2. The van der Waals surface area contributed by atoms with Gasteiger partial charge in [-0.15, -0.1) is 0 Å². The number of urea groups is 1. The van der Waals surface area contributed by atoms with Crippen LogP contribution in [0.5, 0.6) is 0 Å². The summed E-state index contributed by atoms with van der Waals surface area (Å²) in [6.45, 7) is -2.08. The topological polar surface area (TPSA) is 114 Å². The van der Waals surface area contributed by atoms with Crippen LogP contribution < -0.4 is 11.4 Å².